The molecule has 4 heteroatoms. The number of para-hydroxylation sites is 2. The van der Waals surface area contributed by atoms with Crippen LogP contribution in [0.1, 0.15) is 10.4 Å². The Morgan fingerprint density at radius 1 is 1.00 bits per heavy atom. The summed E-state index contributed by atoms with van der Waals surface area (Å²) < 4.78 is 4.36. The van der Waals surface area contributed by atoms with Crippen LogP contribution in [-0.2, 0) is 13.1 Å². The Balaban J connectivity index is 1.62. The van der Waals surface area contributed by atoms with E-state index in [2.05, 4.69) is 26.6 Å². The molecule has 1 N–H and O–H groups in total. The number of nitrogens with zero attached hydrogens (tertiary/aromatic N) is 2. The number of fused-ring (bicyclic) bond motifs is 4. The van der Waals surface area contributed by atoms with Crippen molar-refractivity contribution in [3.05, 3.63) is 72.3 Å². The molecule has 2 heterocycles. The quantitative estimate of drug-likeness (QED) is 0.462. The molecule has 1 aromatic heterocycles. The zero-order chi connectivity index (χ0) is 16.8. The minimum absolute atomic E-state index is 0.134. The second-order valence-corrected chi connectivity index (χ2v) is 6.43. The minimum atomic E-state index is 0.134. The first-order chi connectivity index (χ1) is 12.3. The molecular formula is C21H18N3O+. The maximum atomic E-state index is 13.1. The summed E-state index contributed by atoms with van der Waals surface area (Å²) in [4.78, 5) is 13.1. The predicted octanol–water partition coefficient (Wildman–Crippen LogP) is 3.39. The number of hydrogen-bond donors (Lipinski definition) is 1. The molecule has 0 spiro atoms. The molecule has 25 heavy (non-hydrogen) atoms. The fourth-order valence-electron chi connectivity index (χ4n) is 3.85. The van der Waals surface area contributed by atoms with E-state index < -0.39 is 0 Å². The third-order valence-corrected chi connectivity index (χ3v) is 4.98. The zero-order valence-corrected chi connectivity index (χ0v) is 13.8. The Morgan fingerprint density at radius 2 is 1.80 bits per heavy atom. The molecule has 1 aliphatic rings. The predicted molar refractivity (Wildman–Crippen MR) is 98.9 cm³/mol. The van der Waals surface area contributed by atoms with Crippen LogP contribution in [0.15, 0.2) is 66.7 Å². The summed E-state index contributed by atoms with van der Waals surface area (Å²) in [6.07, 6.45) is 0. The molecule has 0 aliphatic carbocycles. The first kappa shape index (κ1) is 14.2. The third kappa shape index (κ3) is 2.14. The number of ketones is 1. The van der Waals surface area contributed by atoms with Gasteiger partial charge in [-0.3, -0.25) is 10.1 Å². The highest BCUT2D eigenvalue weighted by atomic mass is 16.1. The van der Waals surface area contributed by atoms with E-state index in [9.17, 15) is 4.79 Å². The number of Topliss-reactive ketones (excluding diaryl/α,β-unsaturated/α-hetero) is 1. The van der Waals surface area contributed by atoms with Crippen LogP contribution in [-0.4, -0.2) is 16.9 Å². The summed E-state index contributed by atoms with van der Waals surface area (Å²) in [6.45, 7) is 2.18. The number of rotatable bonds is 3. The van der Waals surface area contributed by atoms with Gasteiger partial charge in [0.05, 0.1) is 6.54 Å². The van der Waals surface area contributed by atoms with Crippen molar-refractivity contribution in [1.29, 1.82) is 0 Å². The van der Waals surface area contributed by atoms with Gasteiger partial charge in [0.1, 0.15) is 24.1 Å². The smallest absolute Gasteiger partial charge is 0.291 e. The van der Waals surface area contributed by atoms with Crippen LogP contribution in [0.2, 0.25) is 0 Å². The molecule has 4 aromatic rings. The molecule has 0 bridgehead atoms. The summed E-state index contributed by atoms with van der Waals surface area (Å²) in [5.74, 6) is 1.16. The van der Waals surface area contributed by atoms with E-state index in [4.69, 9.17) is 0 Å². The van der Waals surface area contributed by atoms with Gasteiger partial charge in [-0.15, -0.1) is 0 Å². The van der Waals surface area contributed by atoms with Crippen LogP contribution in [0.3, 0.4) is 0 Å². The molecule has 0 atom stereocenters. The van der Waals surface area contributed by atoms with E-state index in [0.29, 0.717) is 6.54 Å². The lowest BCUT2D eigenvalue weighted by Crippen LogP contribution is -2.29. The van der Waals surface area contributed by atoms with Crippen LogP contribution in [0.25, 0.3) is 21.8 Å². The van der Waals surface area contributed by atoms with Crippen molar-refractivity contribution in [3.8, 4) is 0 Å². The Morgan fingerprint density at radius 3 is 2.76 bits per heavy atom. The summed E-state index contributed by atoms with van der Waals surface area (Å²) in [7, 11) is 0. The molecule has 0 amide bonds. The van der Waals surface area contributed by atoms with Gasteiger partial charge < -0.3 is 0 Å². The zero-order valence-electron chi connectivity index (χ0n) is 13.8. The highest BCUT2D eigenvalue weighted by Gasteiger charge is 2.29. The van der Waals surface area contributed by atoms with Crippen molar-refractivity contribution in [1.82, 2.24) is 4.57 Å². The summed E-state index contributed by atoms with van der Waals surface area (Å²) in [5, 5.41) is 5.54. The third-order valence-electron chi connectivity index (χ3n) is 4.98. The van der Waals surface area contributed by atoms with Gasteiger partial charge >= 0.3 is 5.95 Å². The molecule has 0 fully saturated rings. The van der Waals surface area contributed by atoms with E-state index in [-0.39, 0.29) is 5.78 Å². The van der Waals surface area contributed by atoms with Crippen molar-refractivity contribution in [2.24, 2.45) is 0 Å². The Bertz CT molecular complexity index is 1120. The van der Waals surface area contributed by atoms with Gasteiger partial charge in [-0.1, -0.05) is 54.6 Å². The van der Waals surface area contributed by atoms with Gasteiger partial charge in [-0.05, 0) is 22.9 Å². The number of anilines is 1. The van der Waals surface area contributed by atoms with Crippen molar-refractivity contribution in [2.45, 2.75) is 13.1 Å². The second-order valence-electron chi connectivity index (χ2n) is 6.43. The molecule has 3 aromatic carbocycles. The number of imidazole rings is 1. The van der Waals surface area contributed by atoms with Crippen molar-refractivity contribution >= 4 is 33.5 Å². The molecular weight excluding hydrogens is 310 g/mol. The fraction of sp³-hybridized carbons (Fsp3) is 0.143. The normalized spacial score (nSPS) is 13.1. The number of hydrogen-bond acceptors (Lipinski definition) is 2. The van der Waals surface area contributed by atoms with Crippen LogP contribution in [0.5, 0.6) is 0 Å². The molecule has 1 aliphatic heterocycles. The average molecular weight is 328 g/mol. The van der Waals surface area contributed by atoms with Crippen molar-refractivity contribution in [3.63, 3.8) is 0 Å². The SMILES string of the molecule is O=C(Cn1c2[n+](c3ccccc31)CCN2)c1cccc2ccccc12. The lowest BCUT2D eigenvalue weighted by Gasteiger charge is -2.06. The van der Waals surface area contributed by atoms with Crippen molar-refractivity contribution < 1.29 is 9.36 Å². The Hall–Kier alpha value is -3.14. The van der Waals surface area contributed by atoms with Crippen LogP contribution < -0.4 is 9.88 Å². The lowest BCUT2D eigenvalue weighted by molar-refractivity contribution is -0.644. The van der Waals surface area contributed by atoms with Gasteiger partial charge in [0.2, 0.25) is 0 Å². The number of carbonyl (C=O) groups excluding carboxylic acids is 1. The standard InChI is InChI=1S/C21H17N3O/c25-20(17-9-5-7-15-6-1-2-8-16(15)17)14-24-19-11-4-3-10-18(19)23-13-12-22-21(23)24/h1-11H,12-14H2/p+1. The van der Waals surface area contributed by atoms with Crippen LogP contribution >= 0.6 is 0 Å². The topological polar surface area (TPSA) is 37.9 Å². The highest BCUT2D eigenvalue weighted by molar-refractivity contribution is 6.08. The first-order valence-corrected chi connectivity index (χ1v) is 8.59. The number of aromatic nitrogens is 2. The molecule has 5 rings (SSSR count). The van der Waals surface area contributed by atoms with Gasteiger partial charge in [0, 0.05) is 5.56 Å². The van der Waals surface area contributed by atoms with E-state index in [1.54, 1.807) is 0 Å². The van der Waals surface area contributed by atoms with Crippen LogP contribution in [0.4, 0.5) is 5.95 Å². The van der Waals surface area contributed by atoms with Gasteiger partial charge in [-0.2, -0.15) is 0 Å². The molecule has 0 saturated heterocycles. The van der Waals surface area contributed by atoms with E-state index in [1.165, 1.54) is 5.52 Å². The summed E-state index contributed by atoms with van der Waals surface area (Å²) >= 11 is 0. The van der Waals surface area contributed by atoms with Gasteiger partial charge in [-0.25, -0.2) is 9.13 Å². The van der Waals surface area contributed by atoms with E-state index >= 15 is 0 Å². The number of benzene rings is 3. The number of nitrogens with one attached hydrogen (secondary N) is 1. The maximum Gasteiger partial charge on any atom is 0.359 e. The van der Waals surface area contributed by atoms with Crippen molar-refractivity contribution in [2.75, 3.05) is 11.9 Å². The second kappa shape index (κ2) is 5.45. The largest absolute Gasteiger partial charge is 0.359 e. The molecule has 122 valence electrons. The Kier molecular flexibility index (Phi) is 3.10. The number of carbonyl (C=O) groups is 1. The Labute approximate surface area is 145 Å². The summed E-state index contributed by atoms with van der Waals surface area (Å²) in [5.41, 5.74) is 3.05. The lowest BCUT2D eigenvalue weighted by atomic mass is 10.0. The monoisotopic (exact) mass is 328 g/mol. The maximum absolute atomic E-state index is 13.1. The molecule has 4 nitrogen and oxygen atoms in total. The molecule has 0 unspecified atom stereocenters. The van der Waals surface area contributed by atoms with E-state index in [1.807, 2.05) is 54.6 Å². The average Bonchev–Trinajstić information content (AvgIpc) is 3.24. The van der Waals surface area contributed by atoms with Crippen LogP contribution in [0, 0.1) is 0 Å². The highest BCUT2D eigenvalue weighted by Crippen LogP contribution is 2.23. The van der Waals surface area contributed by atoms with Gasteiger partial charge in [0.15, 0.2) is 5.78 Å². The minimum Gasteiger partial charge on any atom is -0.291 e. The molecule has 0 radical (unpaired) electrons. The first-order valence-electron chi connectivity index (χ1n) is 8.59. The van der Waals surface area contributed by atoms with Gasteiger partial charge in [0.25, 0.3) is 0 Å². The van der Waals surface area contributed by atoms with E-state index in [0.717, 1.165) is 40.9 Å². The molecule has 0 saturated carbocycles. The fourth-order valence-corrected chi connectivity index (χ4v) is 3.85. The summed E-state index contributed by atoms with van der Waals surface area (Å²) in [6, 6.07) is 22.3.